The van der Waals surface area contributed by atoms with Crippen molar-refractivity contribution in [3.63, 3.8) is 0 Å². The number of hydrogen-bond acceptors (Lipinski definition) is 3. The topological polar surface area (TPSA) is 57.7 Å². The smallest absolute Gasteiger partial charge is 0.246 e. The van der Waals surface area contributed by atoms with Gasteiger partial charge in [-0.05, 0) is 29.0 Å². The van der Waals surface area contributed by atoms with E-state index in [9.17, 15) is 13.2 Å². The molecule has 0 bridgehead atoms. The lowest BCUT2D eigenvalue weighted by Gasteiger charge is -2.33. The summed E-state index contributed by atoms with van der Waals surface area (Å²) in [6.45, 7) is 4.83. The monoisotopic (exact) mass is 330 g/mol. The van der Waals surface area contributed by atoms with Gasteiger partial charge in [-0.25, -0.2) is 8.42 Å². The van der Waals surface area contributed by atoms with E-state index in [1.54, 1.807) is 17.0 Å². The summed E-state index contributed by atoms with van der Waals surface area (Å²) in [6.07, 6.45) is 1.26. The third kappa shape index (κ3) is 3.00. The molecule has 0 spiro atoms. The fourth-order valence-corrected chi connectivity index (χ4v) is 4.21. The van der Waals surface area contributed by atoms with E-state index in [1.165, 1.54) is 10.4 Å². The van der Waals surface area contributed by atoms with E-state index in [0.717, 1.165) is 10.8 Å². The van der Waals surface area contributed by atoms with E-state index in [0.29, 0.717) is 31.1 Å². The first-order valence-corrected chi connectivity index (χ1v) is 8.87. The molecule has 0 aromatic heterocycles. The van der Waals surface area contributed by atoms with E-state index < -0.39 is 10.0 Å². The molecule has 2 aromatic rings. The summed E-state index contributed by atoms with van der Waals surface area (Å²) in [5.41, 5.74) is 0. The molecule has 0 radical (unpaired) electrons. The van der Waals surface area contributed by atoms with Crippen molar-refractivity contribution in [1.29, 1.82) is 0 Å². The Labute approximate surface area is 135 Å². The molecular weight excluding hydrogens is 312 g/mol. The van der Waals surface area contributed by atoms with Crippen molar-refractivity contribution < 1.29 is 13.2 Å². The first kappa shape index (κ1) is 15.7. The van der Waals surface area contributed by atoms with Gasteiger partial charge in [0.2, 0.25) is 15.9 Å². The minimum absolute atomic E-state index is 0.159. The normalized spacial score (nSPS) is 16.4. The first-order chi connectivity index (χ1) is 11.0. The maximum atomic E-state index is 12.8. The summed E-state index contributed by atoms with van der Waals surface area (Å²) >= 11 is 0. The van der Waals surface area contributed by atoms with Crippen LogP contribution in [0.15, 0.2) is 60.0 Å². The molecule has 5 nitrogen and oxygen atoms in total. The lowest BCUT2D eigenvalue weighted by molar-refractivity contribution is -0.127. The fraction of sp³-hybridized carbons (Fsp3) is 0.235. The van der Waals surface area contributed by atoms with Gasteiger partial charge >= 0.3 is 0 Å². The molecule has 1 aliphatic heterocycles. The highest BCUT2D eigenvalue weighted by Crippen LogP contribution is 2.22. The summed E-state index contributed by atoms with van der Waals surface area (Å²) in [5.74, 6) is -0.159. The van der Waals surface area contributed by atoms with E-state index in [1.807, 2.05) is 30.3 Å². The second-order valence-electron chi connectivity index (χ2n) is 5.44. The van der Waals surface area contributed by atoms with E-state index in [4.69, 9.17) is 0 Å². The van der Waals surface area contributed by atoms with Crippen LogP contribution in [-0.2, 0) is 14.8 Å². The van der Waals surface area contributed by atoms with Crippen LogP contribution in [0.25, 0.3) is 10.8 Å². The highest BCUT2D eigenvalue weighted by Gasteiger charge is 2.29. The Balaban J connectivity index is 1.83. The quantitative estimate of drug-likeness (QED) is 0.807. The second-order valence-corrected chi connectivity index (χ2v) is 7.38. The number of rotatable bonds is 3. The van der Waals surface area contributed by atoms with Gasteiger partial charge in [-0.15, -0.1) is 0 Å². The van der Waals surface area contributed by atoms with Crippen molar-refractivity contribution in [3.05, 3.63) is 55.1 Å². The van der Waals surface area contributed by atoms with Crippen LogP contribution in [0.3, 0.4) is 0 Å². The van der Waals surface area contributed by atoms with Crippen molar-refractivity contribution in [2.24, 2.45) is 0 Å². The molecule has 0 atom stereocenters. The number of sulfonamides is 1. The third-order valence-electron chi connectivity index (χ3n) is 4.08. The zero-order chi connectivity index (χ0) is 16.4. The van der Waals surface area contributed by atoms with Gasteiger partial charge in [-0.3, -0.25) is 4.79 Å². The van der Waals surface area contributed by atoms with E-state index >= 15 is 0 Å². The summed E-state index contributed by atoms with van der Waals surface area (Å²) in [4.78, 5) is 13.5. The minimum Gasteiger partial charge on any atom is -0.337 e. The van der Waals surface area contributed by atoms with Crippen molar-refractivity contribution in [2.75, 3.05) is 26.2 Å². The molecule has 1 fully saturated rings. The molecule has 120 valence electrons. The van der Waals surface area contributed by atoms with Crippen molar-refractivity contribution >= 4 is 26.7 Å². The zero-order valence-corrected chi connectivity index (χ0v) is 13.5. The standard InChI is InChI=1S/C17H18N2O3S/c1-2-17(20)18-9-11-19(12-10-18)23(21,22)16-8-7-14-5-3-4-6-15(14)13-16/h2-8,13H,1,9-12H2. The summed E-state index contributed by atoms with van der Waals surface area (Å²) < 4.78 is 27.0. The molecule has 0 unspecified atom stereocenters. The number of carbonyl (C=O) groups excluding carboxylic acids is 1. The maximum absolute atomic E-state index is 12.8. The largest absolute Gasteiger partial charge is 0.337 e. The Morgan fingerprint density at radius 1 is 1.00 bits per heavy atom. The van der Waals surface area contributed by atoms with Gasteiger partial charge in [-0.2, -0.15) is 4.31 Å². The van der Waals surface area contributed by atoms with Gasteiger partial charge in [0.15, 0.2) is 0 Å². The summed E-state index contributed by atoms with van der Waals surface area (Å²) in [5, 5.41) is 1.90. The highest BCUT2D eigenvalue weighted by atomic mass is 32.2. The van der Waals surface area contributed by atoms with Gasteiger partial charge in [0.25, 0.3) is 0 Å². The number of benzene rings is 2. The minimum atomic E-state index is -3.54. The van der Waals surface area contributed by atoms with Gasteiger partial charge < -0.3 is 4.90 Å². The second kappa shape index (κ2) is 6.14. The maximum Gasteiger partial charge on any atom is 0.246 e. The summed E-state index contributed by atoms with van der Waals surface area (Å²) in [7, 11) is -3.54. The molecule has 0 N–H and O–H groups in total. The molecule has 1 aliphatic rings. The third-order valence-corrected chi connectivity index (χ3v) is 5.98. The van der Waals surface area contributed by atoms with E-state index in [-0.39, 0.29) is 5.91 Å². The number of fused-ring (bicyclic) bond motifs is 1. The SMILES string of the molecule is C=CC(=O)N1CCN(S(=O)(=O)c2ccc3ccccc3c2)CC1. The number of amides is 1. The average Bonchev–Trinajstić information content (AvgIpc) is 2.60. The van der Waals surface area contributed by atoms with Gasteiger partial charge in [0.05, 0.1) is 4.90 Å². The highest BCUT2D eigenvalue weighted by molar-refractivity contribution is 7.89. The van der Waals surface area contributed by atoms with Crippen molar-refractivity contribution in [2.45, 2.75) is 4.90 Å². The average molecular weight is 330 g/mol. The molecule has 2 aromatic carbocycles. The Morgan fingerprint density at radius 2 is 1.65 bits per heavy atom. The van der Waals surface area contributed by atoms with Crippen LogP contribution >= 0.6 is 0 Å². The molecule has 6 heteroatoms. The lowest BCUT2D eigenvalue weighted by atomic mass is 10.1. The van der Waals surface area contributed by atoms with E-state index in [2.05, 4.69) is 6.58 Å². The first-order valence-electron chi connectivity index (χ1n) is 7.42. The molecule has 0 aliphatic carbocycles. The van der Waals surface area contributed by atoms with Gasteiger partial charge in [-0.1, -0.05) is 36.9 Å². The predicted octanol–water partition coefficient (Wildman–Crippen LogP) is 1.86. The molecule has 1 heterocycles. The number of hydrogen-bond donors (Lipinski definition) is 0. The van der Waals surface area contributed by atoms with Crippen molar-refractivity contribution in [1.82, 2.24) is 9.21 Å². The Hall–Kier alpha value is -2.18. The molecule has 1 saturated heterocycles. The number of piperazine rings is 1. The van der Waals surface area contributed by atoms with Crippen LogP contribution in [0, 0.1) is 0 Å². The van der Waals surface area contributed by atoms with Crippen LogP contribution in [0.2, 0.25) is 0 Å². The number of nitrogens with zero attached hydrogens (tertiary/aromatic N) is 2. The molecule has 23 heavy (non-hydrogen) atoms. The van der Waals surface area contributed by atoms with Crippen molar-refractivity contribution in [3.8, 4) is 0 Å². The lowest BCUT2D eigenvalue weighted by Crippen LogP contribution is -2.50. The molecule has 3 rings (SSSR count). The zero-order valence-electron chi connectivity index (χ0n) is 12.7. The van der Waals surface area contributed by atoms with Crippen LogP contribution in [0.4, 0.5) is 0 Å². The Morgan fingerprint density at radius 3 is 2.30 bits per heavy atom. The Bertz CT molecular complexity index is 853. The van der Waals surface area contributed by atoms with Gasteiger partial charge in [0, 0.05) is 26.2 Å². The number of carbonyl (C=O) groups is 1. The van der Waals surface area contributed by atoms with Crippen LogP contribution < -0.4 is 0 Å². The molecule has 0 saturated carbocycles. The fourth-order valence-electron chi connectivity index (χ4n) is 2.75. The predicted molar refractivity (Wildman–Crippen MR) is 89.5 cm³/mol. The summed E-state index contributed by atoms with van der Waals surface area (Å²) in [6, 6.07) is 12.8. The van der Waals surface area contributed by atoms with Gasteiger partial charge in [0.1, 0.15) is 0 Å². The van der Waals surface area contributed by atoms with Crippen LogP contribution in [0.1, 0.15) is 0 Å². The Kier molecular flexibility index (Phi) is 4.19. The van der Waals surface area contributed by atoms with Crippen LogP contribution in [0.5, 0.6) is 0 Å². The van der Waals surface area contributed by atoms with Crippen LogP contribution in [-0.4, -0.2) is 49.7 Å². The molecule has 1 amide bonds. The molecular formula is C17H18N2O3S.